The van der Waals surface area contributed by atoms with Crippen molar-refractivity contribution in [1.82, 2.24) is 9.55 Å². The minimum Gasteiger partial charge on any atom is -0.326 e. The van der Waals surface area contributed by atoms with E-state index in [0.717, 1.165) is 11.8 Å². The number of hydrogen-bond donors (Lipinski definition) is 0. The van der Waals surface area contributed by atoms with Gasteiger partial charge < -0.3 is 9.47 Å². The molecular weight excluding hydrogens is 474 g/mol. The van der Waals surface area contributed by atoms with Crippen molar-refractivity contribution >= 4 is 32.5 Å². The summed E-state index contributed by atoms with van der Waals surface area (Å²) in [7, 11) is -3.52. The number of sulfone groups is 1. The summed E-state index contributed by atoms with van der Waals surface area (Å²) in [5.41, 5.74) is 1.29. The third-order valence-corrected chi connectivity index (χ3v) is 7.65. The second kappa shape index (κ2) is 7.53. The summed E-state index contributed by atoms with van der Waals surface area (Å²) in [4.78, 5) is 19.2. The molecule has 1 fully saturated rings. The van der Waals surface area contributed by atoms with Crippen LogP contribution >= 0.6 is 0 Å². The second-order valence-electron chi connectivity index (χ2n) is 8.96. The van der Waals surface area contributed by atoms with Crippen LogP contribution in [0.2, 0.25) is 0 Å². The number of carbonyl (C=O) groups excluding carboxylic acids is 1. The molecule has 0 N–H and O–H groups in total. The highest BCUT2D eigenvalue weighted by atomic mass is 32.2. The Kier molecular flexibility index (Phi) is 5.05. The van der Waals surface area contributed by atoms with Gasteiger partial charge in [0.25, 0.3) is 0 Å². The van der Waals surface area contributed by atoms with E-state index < -0.39 is 33.7 Å². The number of nitrogens with zero attached hydrogens (tertiary/aromatic N) is 3. The van der Waals surface area contributed by atoms with Gasteiger partial charge in [0.2, 0.25) is 5.91 Å². The summed E-state index contributed by atoms with van der Waals surface area (Å²) in [6.07, 6.45) is -3.16. The summed E-state index contributed by atoms with van der Waals surface area (Å²) in [5.74, 6) is -0.367. The number of imidazole rings is 1. The summed E-state index contributed by atoms with van der Waals surface area (Å²) >= 11 is 0. The highest BCUT2D eigenvalue weighted by Crippen LogP contribution is 2.57. The molecule has 6 nitrogen and oxygen atoms in total. The van der Waals surface area contributed by atoms with Crippen LogP contribution in [0.4, 0.5) is 23.2 Å². The van der Waals surface area contributed by atoms with Gasteiger partial charge in [-0.3, -0.25) is 4.79 Å². The third kappa shape index (κ3) is 3.85. The Bertz CT molecular complexity index is 1430. The van der Waals surface area contributed by atoms with Crippen molar-refractivity contribution in [1.29, 1.82) is 0 Å². The molecule has 2 heterocycles. The average Bonchev–Trinajstić information content (AvgIpc) is 3.42. The van der Waals surface area contributed by atoms with E-state index in [1.54, 1.807) is 10.6 Å². The van der Waals surface area contributed by atoms with E-state index in [1.807, 2.05) is 0 Å². The molecule has 1 aliphatic heterocycles. The number of amides is 1. The van der Waals surface area contributed by atoms with Crippen molar-refractivity contribution in [3.63, 3.8) is 0 Å². The van der Waals surface area contributed by atoms with Gasteiger partial charge in [-0.1, -0.05) is 6.07 Å². The van der Waals surface area contributed by atoms with Gasteiger partial charge in [-0.2, -0.15) is 13.2 Å². The van der Waals surface area contributed by atoms with E-state index in [4.69, 9.17) is 0 Å². The first kappa shape index (κ1) is 22.8. The quantitative estimate of drug-likeness (QED) is 0.472. The molecule has 180 valence electrons. The number of alkyl halides is 3. The number of rotatable bonds is 6. The zero-order chi connectivity index (χ0) is 24.5. The van der Waals surface area contributed by atoms with Crippen molar-refractivity contribution in [3.8, 4) is 0 Å². The average molecular weight is 495 g/mol. The minimum atomic E-state index is -4.32. The minimum absolute atomic E-state index is 0.0211. The largest absolute Gasteiger partial charge is 0.389 e. The zero-order valence-corrected chi connectivity index (χ0v) is 19.0. The molecule has 1 aromatic heterocycles. The smallest absolute Gasteiger partial charge is 0.326 e. The Morgan fingerprint density at radius 2 is 1.85 bits per heavy atom. The van der Waals surface area contributed by atoms with Crippen molar-refractivity contribution in [2.45, 2.75) is 55.3 Å². The fourth-order valence-corrected chi connectivity index (χ4v) is 5.36. The van der Waals surface area contributed by atoms with Crippen molar-refractivity contribution in [2.24, 2.45) is 0 Å². The fraction of sp³-hybridized carbons (Fsp3) is 0.391. The van der Waals surface area contributed by atoms with Gasteiger partial charge in [-0.05, 0) is 55.2 Å². The van der Waals surface area contributed by atoms with Crippen LogP contribution in [0.25, 0.3) is 11.0 Å². The maximum Gasteiger partial charge on any atom is 0.389 e. The molecule has 1 amide bonds. The molecule has 2 aliphatic rings. The van der Waals surface area contributed by atoms with Crippen molar-refractivity contribution in [2.75, 3.05) is 11.2 Å². The first-order chi connectivity index (χ1) is 15.9. The molecule has 11 heteroatoms. The normalized spacial score (nSPS) is 17.1. The lowest BCUT2D eigenvalue weighted by Gasteiger charge is -2.19. The molecule has 0 bridgehead atoms. The predicted octanol–water partition coefficient (Wildman–Crippen LogP) is 4.50. The molecule has 1 spiro atoms. The molecule has 0 saturated heterocycles. The fourth-order valence-electron chi connectivity index (χ4n) is 4.72. The maximum absolute atomic E-state index is 14.0. The Morgan fingerprint density at radius 3 is 2.50 bits per heavy atom. The van der Waals surface area contributed by atoms with Gasteiger partial charge in [-0.15, -0.1) is 0 Å². The van der Waals surface area contributed by atoms with Gasteiger partial charge in [0.15, 0.2) is 9.84 Å². The van der Waals surface area contributed by atoms with Crippen molar-refractivity contribution < 1.29 is 30.8 Å². The molecule has 34 heavy (non-hydrogen) atoms. The highest BCUT2D eigenvalue weighted by molar-refractivity contribution is 7.90. The number of halogens is 4. The molecular formula is C23H21F4N3O3S. The summed E-state index contributed by atoms with van der Waals surface area (Å²) < 4.78 is 77.9. The van der Waals surface area contributed by atoms with Crippen LogP contribution in [-0.4, -0.2) is 36.3 Å². The second-order valence-corrected chi connectivity index (χ2v) is 11.0. The number of carbonyl (C=O) groups is 1. The van der Waals surface area contributed by atoms with Crippen LogP contribution in [0.5, 0.6) is 0 Å². The third-order valence-electron chi connectivity index (χ3n) is 6.54. The molecule has 0 unspecified atom stereocenters. The zero-order valence-electron chi connectivity index (χ0n) is 18.2. The first-order valence-corrected chi connectivity index (χ1v) is 12.7. The summed E-state index contributed by atoms with van der Waals surface area (Å²) in [6.45, 7) is -0.0846. The van der Waals surface area contributed by atoms with Crippen LogP contribution < -0.4 is 4.90 Å². The number of benzene rings is 2. The number of anilines is 1. The van der Waals surface area contributed by atoms with Gasteiger partial charge in [0, 0.05) is 19.2 Å². The molecule has 0 radical (unpaired) electrons. The van der Waals surface area contributed by atoms with Crippen LogP contribution in [-0.2, 0) is 33.1 Å². The lowest BCUT2D eigenvalue weighted by Crippen LogP contribution is -2.32. The monoisotopic (exact) mass is 495 g/mol. The SMILES string of the molecule is CS(=O)(=O)c1ccc2c(c1)nc(CN1C(=O)C3(CC3)c3ccc(F)cc31)n2CCCC(F)(F)F. The molecule has 3 aromatic rings. The molecule has 0 atom stereocenters. The Hall–Kier alpha value is -2.95. The summed E-state index contributed by atoms with van der Waals surface area (Å²) in [6, 6.07) is 8.48. The maximum atomic E-state index is 14.0. The molecule has 5 rings (SSSR count). The molecule has 2 aromatic carbocycles. The van der Waals surface area contributed by atoms with Crippen molar-refractivity contribution in [3.05, 3.63) is 53.6 Å². The van der Waals surface area contributed by atoms with E-state index in [9.17, 15) is 30.8 Å². The van der Waals surface area contributed by atoms with Gasteiger partial charge in [0.1, 0.15) is 11.6 Å². The topological polar surface area (TPSA) is 72.3 Å². The van der Waals surface area contributed by atoms with Gasteiger partial charge in [0.05, 0.1) is 33.6 Å². The predicted molar refractivity (Wildman–Crippen MR) is 117 cm³/mol. The Morgan fingerprint density at radius 1 is 1.12 bits per heavy atom. The van der Waals surface area contributed by atoms with Gasteiger partial charge in [-0.25, -0.2) is 17.8 Å². The first-order valence-electron chi connectivity index (χ1n) is 10.8. The van der Waals surface area contributed by atoms with E-state index >= 15 is 0 Å². The lowest BCUT2D eigenvalue weighted by molar-refractivity contribution is -0.135. The number of aryl methyl sites for hydroxylation is 1. The van der Waals surface area contributed by atoms with E-state index in [-0.39, 0.29) is 30.3 Å². The number of fused-ring (bicyclic) bond motifs is 3. The highest BCUT2D eigenvalue weighted by Gasteiger charge is 2.59. The van der Waals surface area contributed by atoms with Crippen LogP contribution in [0, 0.1) is 5.82 Å². The summed E-state index contributed by atoms with van der Waals surface area (Å²) in [5, 5.41) is 0. The van der Waals surface area contributed by atoms with E-state index in [1.165, 1.54) is 35.2 Å². The van der Waals surface area contributed by atoms with Crippen LogP contribution in [0.15, 0.2) is 41.3 Å². The standard InChI is InChI=1S/C23H21F4N3O3S/c1-34(32,33)15-4-6-18-17(12-15)28-20(29(18)10-2-7-23(25,26)27)13-30-19-11-14(24)3-5-16(19)22(8-9-22)21(30)31/h3-6,11-12H,2,7-10,13H2,1H3. The lowest BCUT2D eigenvalue weighted by atomic mass is 9.98. The van der Waals surface area contributed by atoms with Crippen LogP contribution in [0.3, 0.4) is 0 Å². The Balaban J connectivity index is 1.56. The number of aromatic nitrogens is 2. The Labute approximate surface area is 193 Å². The number of hydrogen-bond acceptors (Lipinski definition) is 4. The van der Waals surface area contributed by atoms with Gasteiger partial charge >= 0.3 is 6.18 Å². The van der Waals surface area contributed by atoms with E-state index in [2.05, 4.69) is 4.98 Å². The molecule has 1 saturated carbocycles. The van der Waals surface area contributed by atoms with Crippen LogP contribution in [0.1, 0.15) is 37.1 Å². The van der Waals surface area contributed by atoms with E-state index in [0.29, 0.717) is 35.4 Å². The molecule has 1 aliphatic carbocycles.